The monoisotopic (exact) mass is 315 g/mol. The smallest absolute Gasteiger partial charge is 0.258 e. The lowest BCUT2D eigenvalue weighted by Gasteiger charge is -2.01. The van der Waals surface area contributed by atoms with Crippen molar-refractivity contribution in [3.8, 4) is 0 Å². The highest BCUT2D eigenvalue weighted by atomic mass is 79.9. The zero-order valence-corrected chi connectivity index (χ0v) is 11.0. The van der Waals surface area contributed by atoms with Crippen LogP contribution in [-0.2, 0) is 7.05 Å². The normalized spacial score (nSPS) is 10.5. The SMILES string of the molecule is Cn1ncnc1Sc1ncc(Br)cc1[N+](=O)[O-]. The summed E-state index contributed by atoms with van der Waals surface area (Å²) in [7, 11) is 1.71. The molecule has 0 aliphatic rings. The van der Waals surface area contributed by atoms with Crippen LogP contribution in [0.1, 0.15) is 0 Å². The van der Waals surface area contributed by atoms with Gasteiger partial charge in [0.25, 0.3) is 0 Å². The van der Waals surface area contributed by atoms with E-state index in [1.807, 2.05) is 0 Å². The van der Waals surface area contributed by atoms with Crippen molar-refractivity contribution in [1.82, 2.24) is 19.7 Å². The summed E-state index contributed by atoms with van der Waals surface area (Å²) in [5.74, 6) is 0. The summed E-state index contributed by atoms with van der Waals surface area (Å²) in [5, 5.41) is 15.6. The minimum Gasteiger partial charge on any atom is -0.258 e. The van der Waals surface area contributed by atoms with E-state index in [-0.39, 0.29) is 10.7 Å². The Morgan fingerprint density at radius 1 is 1.53 bits per heavy atom. The van der Waals surface area contributed by atoms with Gasteiger partial charge in [-0.15, -0.1) is 0 Å². The predicted octanol–water partition coefficient (Wildman–Crippen LogP) is 2.03. The van der Waals surface area contributed by atoms with Crippen LogP contribution in [0.25, 0.3) is 0 Å². The number of nitrogens with zero attached hydrogens (tertiary/aromatic N) is 5. The van der Waals surface area contributed by atoms with E-state index in [4.69, 9.17) is 0 Å². The molecule has 2 rings (SSSR count). The van der Waals surface area contributed by atoms with Crippen LogP contribution in [0.5, 0.6) is 0 Å². The van der Waals surface area contributed by atoms with Crippen molar-refractivity contribution in [2.75, 3.05) is 0 Å². The number of pyridine rings is 1. The average Bonchev–Trinajstić information content (AvgIpc) is 2.67. The van der Waals surface area contributed by atoms with Crippen molar-refractivity contribution in [3.05, 3.63) is 33.2 Å². The molecule has 0 fully saturated rings. The molecule has 0 saturated carbocycles. The van der Waals surface area contributed by atoms with Crippen LogP contribution in [-0.4, -0.2) is 24.7 Å². The van der Waals surface area contributed by atoms with E-state index < -0.39 is 4.92 Å². The molecular formula is C8H6BrN5O2S. The summed E-state index contributed by atoms with van der Waals surface area (Å²) in [6, 6.07) is 1.41. The first kappa shape index (κ1) is 12.0. The number of aryl methyl sites for hydroxylation is 1. The largest absolute Gasteiger partial charge is 0.302 e. The number of rotatable bonds is 3. The summed E-state index contributed by atoms with van der Waals surface area (Å²) in [5.41, 5.74) is -0.0626. The van der Waals surface area contributed by atoms with Gasteiger partial charge in [0.2, 0.25) is 0 Å². The lowest BCUT2D eigenvalue weighted by Crippen LogP contribution is -1.96. The first-order chi connectivity index (χ1) is 8.08. The molecule has 2 heterocycles. The van der Waals surface area contributed by atoms with E-state index in [9.17, 15) is 10.1 Å². The highest BCUT2D eigenvalue weighted by Crippen LogP contribution is 2.32. The standard InChI is InChI=1S/C8H6BrN5O2S/c1-13-8(11-4-12-13)17-7-6(14(15)16)2-5(9)3-10-7/h2-4H,1H3. The van der Waals surface area contributed by atoms with E-state index in [1.165, 1.54) is 23.3 Å². The van der Waals surface area contributed by atoms with E-state index >= 15 is 0 Å². The number of hydrogen-bond donors (Lipinski definition) is 0. The fraction of sp³-hybridized carbons (Fsp3) is 0.125. The fourth-order valence-electron chi connectivity index (χ4n) is 1.09. The summed E-state index contributed by atoms with van der Waals surface area (Å²) in [4.78, 5) is 18.4. The van der Waals surface area contributed by atoms with Crippen molar-refractivity contribution < 1.29 is 4.92 Å². The molecule has 0 radical (unpaired) electrons. The predicted molar refractivity (Wildman–Crippen MR) is 63.7 cm³/mol. The molecule has 0 N–H and O–H groups in total. The number of nitro groups is 1. The zero-order valence-electron chi connectivity index (χ0n) is 8.57. The molecule has 0 saturated heterocycles. The van der Waals surface area contributed by atoms with Crippen molar-refractivity contribution in [2.24, 2.45) is 7.05 Å². The van der Waals surface area contributed by atoms with Gasteiger partial charge in [0.15, 0.2) is 10.2 Å². The van der Waals surface area contributed by atoms with Crippen molar-refractivity contribution in [1.29, 1.82) is 0 Å². The third kappa shape index (κ3) is 2.61. The van der Waals surface area contributed by atoms with Crippen LogP contribution in [0, 0.1) is 10.1 Å². The highest BCUT2D eigenvalue weighted by molar-refractivity contribution is 9.10. The van der Waals surface area contributed by atoms with Crippen LogP contribution in [0.4, 0.5) is 5.69 Å². The second-order valence-electron chi connectivity index (χ2n) is 3.00. The van der Waals surface area contributed by atoms with Crippen LogP contribution in [0.15, 0.2) is 33.2 Å². The van der Waals surface area contributed by atoms with E-state index in [2.05, 4.69) is 31.0 Å². The van der Waals surface area contributed by atoms with Crippen LogP contribution >= 0.6 is 27.7 Å². The summed E-state index contributed by atoms with van der Waals surface area (Å²) in [6.45, 7) is 0. The topological polar surface area (TPSA) is 86.7 Å². The molecular weight excluding hydrogens is 310 g/mol. The molecule has 0 amide bonds. The molecule has 0 aliphatic carbocycles. The Balaban J connectivity index is 2.39. The van der Waals surface area contributed by atoms with Gasteiger partial charge in [0.1, 0.15) is 6.33 Å². The van der Waals surface area contributed by atoms with Gasteiger partial charge in [0.05, 0.1) is 4.92 Å². The number of aromatic nitrogens is 4. The van der Waals surface area contributed by atoms with E-state index in [0.29, 0.717) is 9.63 Å². The van der Waals surface area contributed by atoms with Crippen LogP contribution < -0.4 is 0 Å². The Bertz CT molecular complexity index is 573. The van der Waals surface area contributed by atoms with E-state index in [1.54, 1.807) is 7.05 Å². The van der Waals surface area contributed by atoms with Crippen molar-refractivity contribution in [2.45, 2.75) is 10.2 Å². The summed E-state index contributed by atoms with van der Waals surface area (Å²) in [6.07, 6.45) is 2.89. The van der Waals surface area contributed by atoms with Gasteiger partial charge in [-0.1, -0.05) is 0 Å². The maximum Gasteiger partial charge on any atom is 0.302 e. The van der Waals surface area contributed by atoms with Gasteiger partial charge >= 0.3 is 5.69 Å². The van der Waals surface area contributed by atoms with Crippen molar-refractivity contribution in [3.63, 3.8) is 0 Å². The van der Waals surface area contributed by atoms with Crippen LogP contribution in [0.3, 0.4) is 0 Å². The highest BCUT2D eigenvalue weighted by Gasteiger charge is 2.18. The minimum atomic E-state index is -0.476. The molecule has 9 heteroatoms. The first-order valence-electron chi connectivity index (χ1n) is 4.39. The van der Waals surface area contributed by atoms with E-state index in [0.717, 1.165) is 11.8 Å². The Morgan fingerprint density at radius 3 is 2.88 bits per heavy atom. The first-order valence-corrected chi connectivity index (χ1v) is 6.00. The second kappa shape index (κ2) is 4.80. The average molecular weight is 316 g/mol. The Hall–Kier alpha value is -1.48. The molecule has 0 bridgehead atoms. The molecule has 0 aromatic carbocycles. The third-order valence-corrected chi connectivity index (χ3v) is 3.35. The maximum atomic E-state index is 10.9. The van der Waals surface area contributed by atoms with Gasteiger partial charge in [-0.3, -0.25) is 10.1 Å². The Kier molecular flexibility index (Phi) is 3.38. The molecule has 17 heavy (non-hydrogen) atoms. The maximum absolute atomic E-state index is 10.9. The summed E-state index contributed by atoms with van der Waals surface area (Å²) < 4.78 is 2.09. The molecule has 0 spiro atoms. The Morgan fingerprint density at radius 2 is 2.29 bits per heavy atom. The lowest BCUT2D eigenvalue weighted by molar-refractivity contribution is -0.388. The van der Waals surface area contributed by atoms with Gasteiger partial charge < -0.3 is 0 Å². The lowest BCUT2D eigenvalue weighted by atomic mass is 10.4. The molecule has 2 aromatic heterocycles. The van der Waals surface area contributed by atoms with Gasteiger partial charge in [-0.2, -0.15) is 5.10 Å². The number of halogens is 1. The van der Waals surface area contributed by atoms with Gasteiger partial charge in [-0.05, 0) is 27.7 Å². The van der Waals surface area contributed by atoms with Gasteiger partial charge in [-0.25, -0.2) is 14.6 Å². The second-order valence-corrected chi connectivity index (χ2v) is 4.87. The van der Waals surface area contributed by atoms with Crippen LogP contribution in [0.2, 0.25) is 0 Å². The molecule has 2 aromatic rings. The number of hydrogen-bond acceptors (Lipinski definition) is 6. The molecule has 0 atom stereocenters. The summed E-state index contributed by atoms with van der Waals surface area (Å²) >= 11 is 4.25. The zero-order chi connectivity index (χ0) is 12.4. The molecule has 0 aliphatic heterocycles. The Labute approximate surface area is 109 Å². The quantitative estimate of drug-likeness (QED) is 0.636. The molecule has 7 nitrogen and oxygen atoms in total. The van der Waals surface area contributed by atoms with Crippen molar-refractivity contribution >= 4 is 33.4 Å². The molecule has 0 unspecified atom stereocenters. The molecule has 88 valence electrons. The third-order valence-electron chi connectivity index (χ3n) is 1.85. The fourth-order valence-corrected chi connectivity index (χ4v) is 2.20. The van der Waals surface area contributed by atoms with Gasteiger partial charge in [0, 0.05) is 23.8 Å². The minimum absolute atomic E-state index is 0.0626.